The number of aliphatic hydroxyl groups excluding tert-OH is 3. The number of phenols is 1. The van der Waals surface area contributed by atoms with Crippen molar-refractivity contribution in [2.75, 3.05) is 19.8 Å². The normalized spacial score (nSPS) is 30.8. The molecule has 1 aliphatic carbocycles. The Bertz CT molecular complexity index is 1400. The summed E-state index contributed by atoms with van der Waals surface area (Å²) in [5.74, 6) is -1.76. The van der Waals surface area contributed by atoms with Crippen LogP contribution in [0.4, 0.5) is 0 Å². The van der Waals surface area contributed by atoms with Crippen LogP contribution >= 0.6 is 0 Å². The summed E-state index contributed by atoms with van der Waals surface area (Å²) >= 11 is 0. The van der Waals surface area contributed by atoms with Crippen LogP contribution in [0.15, 0.2) is 18.2 Å². The predicted octanol–water partition coefficient (Wildman–Crippen LogP) is 3.32. The molecular formula is C33H44O11. The van der Waals surface area contributed by atoms with Gasteiger partial charge in [-0.15, -0.1) is 0 Å². The summed E-state index contributed by atoms with van der Waals surface area (Å²) in [5, 5.41) is 65.4. The van der Waals surface area contributed by atoms with Crippen molar-refractivity contribution in [3.63, 3.8) is 0 Å². The zero-order chi connectivity index (χ0) is 32.0. The number of aromatic carboxylic acids is 1. The molecule has 11 nitrogen and oxygen atoms in total. The summed E-state index contributed by atoms with van der Waals surface area (Å²) in [6.45, 7) is 5.76. The van der Waals surface area contributed by atoms with E-state index in [2.05, 4.69) is 6.92 Å². The number of carboxylic acid groups (broad SMARTS) is 1. The highest BCUT2D eigenvalue weighted by molar-refractivity contribution is 6.08. The lowest BCUT2D eigenvalue weighted by atomic mass is 9.65. The number of hydrogen-bond donors (Lipinski definition) is 6. The zero-order valence-corrected chi connectivity index (χ0v) is 25.5. The molecule has 0 unspecified atom stereocenters. The van der Waals surface area contributed by atoms with Crippen molar-refractivity contribution in [2.24, 2.45) is 17.3 Å². The maximum atomic E-state index is 12.3. The van der Waals surface area contributed by atoms with Gasteiger partial charge in [0, 0.05) is 6.61 Å². The Hall–Kier alpha value is -2.80. The molecule has 0 amide bonds. The molecule has 1 spiro atoms. The minimum absolute atomic E-state index is 0.0172. The molecule has 11 heteroatoms. The lowest BCUT2D eigenvalue weighted by molar-refractivity contribution is -0.315. The van der Waals surface area contributed by atoms with E-state index in [-0.39, 0.29) is 45.4 Å². The summed E-state index contributed by atoms with van der Waals surface area (Å²) < 4.78 is 17.6. The molecule has 3 fully saturated rings. The number of aromatic hydroxyl groups is 1. The predicted molar refractivity (Wildman–Crippen MR) is 159 cm³/mol. The SMILES string of the molecule is CC(=O)c1c(C)cc2cc(C(=O)O)cc(O[C@@H]3O[C@H](CO)[C@](O)(CC[C@@H](C)[C@H]4CCOCC45CCCC5)[C@H](O)[C@H]3O)c2c1O. The minimum Gasteiger partial charge on any atom is -0.506 e. The molecule has 2 aliphatic heterocycles. The number of rotatable bonds is 9. The number of ether oxygens (including phenoxy) is 3. The number of hydrogen-bond acceptors (Lipinski definition) is 10. The summed E-state index contributed by atoms with van der Waals surface area (Å²) in [7, 11) is 0. The second kappa shape index (κ2) is 12.5. The average molecular weight is 617 g/mol. The Kier molecular flexibility index (Phi) is 9.28. The van der Waals surface area contributed by atoms with Crippen LogP contribution in [0.25, 0.3) is 10.8 Å². The summed E-state index contributed by atoms with van der Waals surface area (Å²) in [6, 6.07) is 3.98. The number of aryl methyl sites for hydroxylation is 1. The van der Waals surface area contributed by atoms with Gasteiger partial charge in [0.15, 0.2) is 5.78 Å². The van der Waals surface area contributed by atoms with Crippen molar-refractivity contribution >= 4 is 22.5 Å². The molecular weight excluding hydrogens is 572 g/mol. The number of aliphatic hydroxyl groups is 4. The van der Waals surface area contributed by atoms with Crippen molar-refractivity contribution in [3.05, 3.63) is 34.9 Å². The minimum atomic E-state index is -2.00. The molecule has 5 rings (SSSR count). The Balaban J connectivity index is 1.40. The molecule has 6 N–H and O–H groups in total. The molecule has 2 aromatic carbocycles. The van der Waals surface area contributed by atoms with Gasteiger partial charge in [0.25, 0.3) is 0 Å². The molecule has 2 saturated heterocycles. The molecule has 2 heterocycles. The monoisotopic (exact) mass is 616 g/mol. The number of Topliss-reactive ketones (excluding diaryl/α,β-unsaturated/α-hetero) is 1. The number of carbonyl (C=O) groups excluding carboxylic acids is 1. The van der Waals surface area contributed by atoms with Crippen LogP contribution in [0.2, 0.25) is 0 Å². The van der Waals surface area contributed by atoms with Crippen LogP contribution in [0.3, 0.4) is 0 Å². The fourth-order valence-corrected chi connectivity index (χ4v) is 8.05. The lowest BCUT2D eigenvalue weighted by Crippen LogP contribution is -2.68. The van der Waals surface area contributed by atoms with Gasteiger partial charge in [0.05, 0.1) is 29.7 Å². The summed E-state index contributed by atoms with van der Waals surface area (Å²) in [5.41, 5.74) is -1.61. The van der Waals surface area contributed by atoms with Crippen molar-refractivity contribution in [1.82, 2.24) is 0 Å². The van der Waals surface area contributed by atoms with Gasteiger partial charge in [-0.1, -0.05) is 25.8 Å². The van der Waals surface area contributed by atoms with Gasteiger partial charge >= 0.3 is 5.97 Å². The highest BCUT2D eigenvalue weighted by Crippen LogP contribution is 2.52. The van der Waals surface area contributed by atoms with E-state index in [0.717, 1.165) is 31.9 Å². The Labute approximate surface area is 256 Å². The van der Waals surface area contributed by atoms with Crippen molar-refractivity contribution in [3.8, 4) is 11.5 Å². The van der Waals surface area contributed by atoms with Crippen molar-refractivity contribution in [2.45, 2.75) is 95.9 Å². The van der Waals surface area contributed by atoms with Crippen LogP contribution in [0.1, 0.15) is 85.1 Å². The van der Waals surface area contributed by atoms with E-state index < -0.39 is 54.3 Å². The molecule has 44 heavy (non-hydrogen) atoms. The third kappa shape index (κ3) is 5.70. The fraction of sp³-hybridized carbons (Fsp3) is 0.636. The highest BCUT2D eigenvalue weighted by Gasteiger charge is 2.56. The number of carboxylic acids is 1. The first-order valence-corrected chi connectivity index (χ1v) is 15.5. The number of fused-ring (bicyclic) bond motifs is 1. The van der Waals surface area contributed by atoms with Gasteiger partial charge in [0.1, 0.15) is 35.4 Å². The van der Waals surface area contributed by atoms with E-state index in [1.54, 1.807) is 13.0 Å². The molecule has 0 radical (unpaired) electrons. The van der Waals surface area contributed by atoms with Crippen molar-refractivity contribution in [1.29, 1.82) is 0 Å². The van der Waals surface area contributed by atoms with Gasteiger partial charge in [-0.2, -0.15) is 0 Å². The van der Waals surface area contributed by atoms with Crippen molar-refractivity contribution < 1.29 is 54.4 Å². The molecule has 0 bridgehead atoms. The third-order valence-corrected chi connectivity index (χ3v) is 10.4. The van der Waals surface area contributed by atoms with Gasteiger partial charge in [-0.25, -0.2) is 4.79 Å². The Morgan fingerprint density at radius 1 is 1.16 bits per heavy atom. The Morgan fingerprint density at radius 2 is 1.86 bits per heavy atom. The Morgan fingerprint density at radius 3 is 2.50 bits per heavy atom. The first-order chi connectivity index (χ1) is 20.8. The van der Waals surface area contributed by atoms with E-state index in [0.29, 0.717) is 24.5 Å². The van der Waals surface area contributed by atoms with Gasteiger partial charge in [-0.3, -0.25) is 4.79 Å². The maximum absolute atomic E-state index is 12.3. The second-order valence-electron chi connectivity index (χ2n) is 13.1. The molecule has 3 aliphatic rings. The first kappa shape index (κ1) is 32.6. The molecule has 2 aromatic rings. The summed E-state index contributed by atoms with van der Waals surface area (Å²) in [4.78, 5) is 24.2. The number of benzene rings is 2. The maximum Gasteiger partial charge on any atom is 0.335 e. The highest BCUT2D eigenvalue weighted by atomic mass is 16.7. The van der Waals surface area contributed by atoms with Crippen LogP contribution < -0.4 is 4.74 Å². The number of ketones is 1. The largest absolute Gasteiger partial charge is 0.506 e. The smallest absolute Gasteiger partial charge is 0.335 e. The number of phenolic OH excluding ortho intramolecular Hbond substituents is 1. The van der Waals surface area contributed by atoms with Crippen LogP contribution in [-0.2, 0) is 9.47 Å². The van der Waals surface area contributed by atoms with E-state index in [4.69, 9.17) is 14.2 Å². The molecule has 1 saturated carbocycles. The zero-order valence-electron chi connectivity index (χ0n) is 25.5. The second-order valence-corrected chi connectivity index (χ2v) is 13.1. The van der Waals surface area contributed by atoms with E-state index >= 15 is 0 Å². The fourth-order valence-electron chi connectivity index (χ4n) is 8.05. The standard InChI is InChI=1S/C33H44O11/c1-17(22-7-11-42-16-32(22)8-4-5-9-32)6-10-33(41)24(15-34)44-31(28(37)29(33)38)43-23-14-21(30(39)40)13-20-12-18(2)25(19(3)35)27(36)26(20)23/h12-14,17,22,24,28-29,31,34,36-38,41H,4-11,15-16H2,1-3H3,(H,39,40)/t17-,22-,24-,28-,29-,31-,33-/m1/s1. The summed E-state index contributed by atoms with van der Waals surface area (Å²) in [6.07, 6.45) is -0.530. The molecule has 0 aromatic heterocycles. The van der Waals surface area contributed by atoms with E-state index in [9.17, 15) is 40.2 Å². The van der Waals surface area contributed by atoms with Crippen LogP contribution in [0.5, 0.6) is 11.5 Å². The molecule has 7 atom stereocenters. The van der Waals surface area contributed by atoms with Gasteiger partial charge in [-0.05, 0) is 86.3 Å². The first-order valence-electron chi connectivity index (χ1n) is 15.5. The van der Waals surface area contributed by atoms with Crippen LogP contribution in [-0.4, -0.2) is 92.4 Å². The molecule has 242 valence electrons. The lowest BCUT2D eigenvalue weighted by Gasteiger charge is -2.49. The third-order valence-electron chi connectivity index (χ3n) is 10.4. The van der Waals surface area contributed by atoms with Gasteiger partial charge in [0.2, 0.25) is 6.29 Å². The number of carbonyl (C=O) groups is 2. The quantitative estimate of drug-likeness (QED) is 0.227. The van der Waals surface area contributed by atoms with Gasteiger partial charge < -0.3 is 44.8 Å². The topological polar surface area (TPSA) is 183 Å². The van der Waals surface area contributed by atoms with E-state index in [1.165, 1.54) is 25.8 Å². The van der Waals surface area contributed by atoms with Crippen LogP contribution in [0, 0.1) is 24.2 Å². The van der Waals surface area contributed by atoms with E-state index in [1.807, 2.05) is 0 Å². The average Bonchev–Trinajstić information content (AvgIpc) is 3.44.